The zero-order valence-electron chi connectivity index (χ0n) is 11.2. The summed E-state index contributed by atoms with van der Waals surface area (Å²) in [5.41, 5.74) is -0.0219. The van der Waals surface area contributed by atoms with Gasteiger partial charge in [-0.1, -0.05) is 29.8 Å². The molecule has 0 spiro atoms. The Hall–Kier alpha value is -2.27. The molecular formula is C16H11ClF3NO. The number of halogens is 4. The van der Waals surface area contributed by atoms with Crippen LogP contribution in [0.2, 0.25) is 5.02 Å². The van der Waals surface area contributed by atoms with Crippen molar-refractivity contribution in [2.24, 2.45) is 0 Å². The highest BCUT2D eigenvalue weighted by atomic mass is 35.5. The van der Waals surface area contributed by atoms with Crippen molar-refractivity contribution in [2.75, 3.05) is 5.32 Å². The Kier molecular flexibility index (Phi) is 4.88. The molecule has 0 heterocycles. The van der Waals surface area contributed by atoms with Crippen molar-refractivity contribution in [3.8, 4) is 0 Å². The van der Waals surface area contributed by atoms with Crippen LogP contribution >= 0.6 is 11.6 Å². The topological polar surface area (TPSA) is 29.1 Å². The second-order valence-corrected chi connectivity index (χ2v) is 4.89. The summed E-state index contributed by atoms with van der Waals surface area (Å²) in [7, 11) is 0. The number of hydrogen-bond acceptors (Lipinski definition) is 1. The third-order valence-electron chi connectivity index (χ3n) is 2.73. The highest BCUT2D eigenvalue weighted by molar-refractivity contribution is 6.30. The minimum atomic E-state index is -4.45. The number of anilines is 1. The largest absolute Gasteiger partial charge is 0.416 e. The van der Waals surface area contributed by atoms with Crippen LogP contribution in [0.4, 0.5) is 18.9 Å². The first kappa shape index (κ1) is 16.1. The molecule has 22 heavy (non-hydrogen) atoms. The van der Waals surface area contributed by atoms with E-state index in [4.69, 9.17) is 11.6 Å². The summed E-state index contributed by atoms with van der Waals surface area (Å²) >= 11 is 5.81. The number of alkyl halides is 3. The van der Waals surface area contributed by atoms with E-state index in [2.05, 4.69) is 5.32 Å². The van der Waals surface area contributed by atoms with E-state index in [-0.39, 0.29) is 5.69 Å². The second kappa shape index (κ2) is 6.66. The van der Waals surface area contributed by atoms with Gasteiger partial charge >= 0.3 is 6.18 Å². The molecule has 114 valence electrons. The minimum Gasteiger partial charge on any atom is -0.322 e. The fourth-order valence-corrected chi connectivity index (χ4v) is 1.94. The highest BCUT2D eigenvalue weighted by Crippen LogP contribution is 2.30. The third kappa shape index (κ3) is 4.63. The molecule has 0 aliphatic carbocycles. The number of amides is 1. The van der Waals surface area contributed by atoms with Crippen molar-refractivity contribution in [1.29, 1.82) is 0 Å². The fraction of sp³-hybridized carbons (Fsp3) is 0.0625. The van der Waals surface area contributed by atoms with Gasteiger partial charge in [-0.25, -0.2) is 0 Å². The lowest BCUT2D eigenvalue weighted by Crippen LogP contribution is -2.10. The molecule has 2 rings (SSSR count). The standard InChI is InChI=1S/C16H11ClF3NO/c17-13-5-1-3-11(9-13)7-8-15(22)21-14-6-2-4-12(10-14)16(18,19)20/h1-10H,(H,21,22). The van der Waals surface area contributed by atoms with Gasteiger partial charge in [-0.15, -0.1) is 0 Å². The number of hydrogen-bond donors (Lipinski definition) is 1. The van der Waals surface area contributed by atoms with Gasteiger partial charge in [-0.3, -0.25) is 4.79 Å². The van der Waals surface area contributed by atoms with Crippen molar-refractivity contribution in [1.82, 2.24) is 0 Å². The van der Waals surface area contributed by atoms with E-state index in [0.29, 0.717) is 10.6 Å². The van der Waals surface area contributed by atoms with E-state index in [0.717, 1.165) is 12.1 Å². The summed E-state index contributed by atoms with van der Waals surface area (Å²) in [5, 5.41) is 2.91. The number of nitrogens with one attached hydrogen (secondary N) is 1. The average molecular weight is 326 g/mol. The zero-order valence-corrected chi connectivity index (χ0v) is 11.9. The van der Waals surface area contributed by atoms with Crippen molar-refractivity contribution in [3.63, 3.8) is 0 Å². The summed E-state index contributed by atoms with van der Waals surface area (Å²) in [6.07, 6.45) is -1.70. The second-order valence-electron chi connectivity index (χ2n) is 4.46. The van der Waals surface area contributed by atoms with Crippen molar-refractivity contribution in [3.05, 3.63) is 70.8 Å². The molecule has 0 bridgehead atoms. The molecule has 0 aliphatic heterocycles. The lowest BCUT2D eigenvalue weighted by molar-refractivity contribution is -0.137. The quantitative estimate of drug-likeness (QED) is 0.790. The Morgan fingerprint density at radius 1 is 1.09 bits per heavy atom. The van der Waals surface area contributed by atoms with Gasteiger partial charge < -0.3 is 5.32 Å². The molecule has 2 aromatic carbocycles. The molecule has 0 unspecified atom stereocenters. The van der Waals surface area contributed by atoms with Gasteiger partial charge in [0.1, 0.15) is 0 Å². The Bertz CT molecular complexity index is 711. The summed E-state index contributed by atoms with van der Waals surface area (Å²) in [5.74, 6) is -0.528. The maximum Gasteiger partial charge on any atom is 0.416 e. The summed E-state index contributed by atoms with van der Waals surface area (Å²) < 4.78 is 37.7. The molecule has 0 saturated heterocycles. The molecule has 2 aromatic rings. The Balaban J connectivity index is 2.06. The van der Waals surface area contributed by atoms with Crippen molar-refractivity contribution in [2.45, 2.75) is 6.18 Å². The maximum absolute atomic E-state index is 12.6. The number of rotatable bonds is 3. The SMILES string of the molecule is O=C(C=Cc1cccc(Cl)c1)Nc1cccc(C(F)(F)F)c1. The van der Waals surface area contributed by atoms with Gasteiger partial charge in [0, 0.05) is 16.8 Å². The Morgan fingerprint density at radius 2 is 1.82 bits per heavy atom. The predicted molar refractivity (Wildman–Crippen MR) is 80.6 cm³/mol. The molecule has 1 amide bonds. The highest BCUT2D eigenvalue weighted by Gasteiger charge is 2.30. The van der Waals surface area contributed by atoms with E-state index >= 15 is 0 Å². The van der Waals surface area contributed by atoms with Crippen molar-refractivity contribution < 1.29 is 18.0 Å². The van der Waals surface area contributed by atoms with Gasteiger partial charge in [-0.05, 0) is 42.0 Å². The van der Waals surface area contributed by atoms with Crippen LogP contribution < -0.4 is 5.32 Å². The molecule has 0 atom stereocenters. The van der Waals surface area contributed by atoms with E-state index in [1.165, 1.54) is 24.3 Å². The number of carbonyl (C=O) groups is 1. The van der Waals surface area contributed by atoms with Crippen LogP contribution in [0.1, 0.15) is 11.1 Å². The molecule has 0 aliphatic rings. The van der Waals surface area contributed by atoms with Crippen LogP contribution in [0.3, 0.4) is 0 Å². The minimum absolute atomic E-state index is 0.0792. The lowest BCUT2D eigenvalue weighted by Gasteiger charge is -2.08. The number of benzene rings is 2. The predicted octanol–water partition coefficient (Wildman–Crippen LogP) is 5.01. The molecule has 0 saturated carbocycles. The molecule has 1 N–H and O–H groups in total. The first-order valence-corrected chi connectivity index (χ1v) is 6.64. The van der Waals surface area contributed by atoms with Crippen molar-refractivity contribution >= 4 is 29.3 Å². The Labute approximate surface area is 130 Å². The summed E-state index contributed by atoms with van der Waals surface area (Å²) in [6, 6.07) is 11.3. The summed E-state index contributed by atoms with van der Waals surface area (Å²) in [4.78, 5) is 11.7. The van der Waals surface area contributed by atoms with Gasteiger partial charge in [0.05, 0.1) is 5.56 Å². The van der Waals surface area contributed by atoms with Gasteiger partial charge in [-0.2, -0.15) is 13.2 Å². The van der Waals surface area contributed by atoms with Crippen LogP contribution in [0.15, 0.2) is 54.6 Å². The Morgan fingerprint density at radius 3 is 2.50 bits per heavy atom. The molecule has 6 heteroatoms. The van der Waals surface area contributed by atoms with E-state index < -0.39 is 17.6 Å². The van der Waals surface area contributed by atoms with E-state index in [9.17, 15) is 18.0 Å². The molecular weight excluding hydrogens is 315 g/mol. The number of carbonyl (C=O) groups excluding carboxylic acids is 1. The molecule has 0 aromatic heterocycles. The van der Waals surface area contributed by atoms with Gasteiger partial charge in [0.25, 0.3) is 0 Å². The fourth-order valence-electron chi connectivity index (χ4n) is 1.74. The first-order valence-electron chi connectivity index (χ1n) is 6.26. The maximum atomic E-state index is 12.6. The van der Waals surface area contributed by atoms with Crippen LogP contribution in [0.5, 0.6) is 0 Å². The lowest BCUT2D eigenvalue weighted by atomic mass is 10.2. The van der Waals surface area contributed by atoms with E-state index in [1.807, 2.05) is 0 Å². The first-order chi connectivity index (χ1) is 10.3. The molecule has 2 nitrogen and oxygen atoms in total. The molecule has 0 fully saturated rings. The van der Waals surface area contributed by atoms with Crippen LogP contribution in [-0.2, 0) is 11.0 Å². The monoisotopic (exact) mass is 325 g/mol. The van der Waals surface area contributed by atoms with E-state index in [1.54, 1.807) is 24.3 Å². The van der Waals surface area contributed by atoms with Crippen LogP contribution in [0, 0.1) is 0 Å². The van der Waals surface area contributed by atoms with Gasteiger partial charge in [0.15, 0.2) is 0 Å². The third-order valence-corrected chi connectivity index (χ3v) is 2.97. The van der Waals surface area contributed by atoms with Crippen LogP contribution in [0.25, 0.3) is 6.08 Å². The average Bonchev–Trinajstić information content (AvgIpc) is 2.45. The zero-order chi connectivity index (χ0) is 16.2. The van der Waals surface area contributed by atoms with Crippen LogP contribution in [-0.4, -0.2) is 5.91 Å². The summed E-state index contributed by atoms with van der Waals surface area (Å²) in [6.45, 7) is 0. The molecule has 0 radical (unpaired) electrons. The smallest absolute Gasteiger partial charge is 0.322 e. The normalized spacial score (nSPS) is 11.6. The van der Waals surface area contributed by atoms with Gasteiger partial charge in [0.2, 0.25) is 5.91 Å².